The molecule has 0 aliphatic heterocycles. The lowest BCUT2D eigenvalue weighted by Gasteiger charge is -2.15. The Labute approximate surface area is 176 Å². The number of aryl methyl sites for hydroxylation is 1. The van der Waals surface area contributed by atoms with Gasteiger partial charge in [-0.05, 0) is 58.2 Å². The molecule has 0 saturated heterocycles. The van der Waals surface area contributed by atoms with E-state index in [1.165, 1.54) is 0 Å². The van der Waals surface area contributed by atoms with Crippen LogP contribution in [-0.2, 0) is 11.3 Å². The molecule has 0 spiro atoms. The fourth-order valence-corrected chi connectivity index (χ4v) is 4.20. The van der Waals surface area contributed by atoms with Crippen molar-refractivity contribution in [2.45, 2.75) is 20.4 Å². The van der Waals surface area contributed by atoms with Crippen molar-refractivity contribution in [1.82, 2.24) is 4.57 Å². The molecule has 1 aromatic heterocycles. The molecular weight excluding hydrogens is 430 g/mol. The molecule has 0 atom stereocenters. The first-order chi connectivity index (χ1) is 14.0. The highest BCUT2D eigenvalue weighted by Crippen LogP contribution is 2.29. The van der Waals surface area contributed by atoms with E-state index >= 15 is 0 Å². The van der Waals surface area contributed by atoms with Gasteiger partial charge in [-0.3, -0.25) is 4.79 Å². The van der Waals surface area contributed by atoms with Gasteiger partial charge in [0.15, 0.2) is 0 Å². The molecule has 146 valence electrons. The Bertz CT molecular complexity index is 1310. The summed E-state index contributed by atoms with van der Waals surface area (Å²) in [6.07, 6.45) is 1.61. The van der Waals surface area contributed by atoms with Crippen molar-refractivity contribution in [2.75, 3.05) is 6.61 Å². The Morgan fingerprint density at radius 3 is 2.66 bits per heavy atom. The summed E-state index contributed by atoms with van der Waals surface area (Å²) in [6, 6.07) is 18.0. The lowest BCUT2D eigenvalue weighted by Crippen LogP contribution is -2.21. The summed E-state index contributed by atoms with van der Waals surface area (Å²) in [4.78, 5) is 25.3. The van der Waals surface area contributed by atoms with Crippen LogP contribution in [0.25, 0.3) is 21.7 Å². The molecule has 3 aromatic carbocycles. The van der Waals surface area contributed by atoms with Gasteiger partial charge in [-0.2, -0.15) is 0 Å². The van der Waals surface area contributed by atoms with E-state index in [2.05, 4.69) is 40.2 Å². The summed E-state index contributed by atoms with van der Waals surface area (Å²) in [5.74, 6) is -0.591. The highest BCUT2D eigenvalue weighted by Gasteiger charge is 2.17. The molecule has 5 heteroatoms. The van der Waals surface area contributed by atoms with Gasteiger partial charge in [0.1, 0.15) is 5.56 Å². The zero-order chi connectivity index (χ0) is 20.5. The number of hydrogen-bond donors (Lipinski definition) is 0. The van der Waals surface area contributed by atoms with Gasteiger partial charge >= 0.3 is 5.97 Å². The summed E-state index contributed by atoms with van der Waals surface area (Å²) < 4.78 is 8.06. The molecule has 1 heterocycles. The third-order valence-electron chi connectivity index (χ3n) is 5.01. The Morgan fingerprint density at radius 2 is 1.86 bits per heavy atom. The highest BCUT2D eigenvalue weighted by atomic mass is 79.9. The average molecular weight is 450 g/mol. The number of aromatic nitrogens is 1. The molecule has 4 aromatic rings. The predicted molar refractivity (Wildman–Crippen MR) is 120 cm³/mol. The zero-order valence-corrected chi connectivity index (χ0v) is 17.8. The third kappa shape index (κ3) is 3.58. The molecule has 0 N–H and O–H groups in total. The fourth-order valence-electron chi connectivity index (χ4n) is 3.58. The van der Waals surface area contributed by atoms with Crippen LogP contribution in [0.2, 0.25) is 0 Å². The number of carbonyl (C=O) groups is 1. The van der Waals surface area contributed by atoms with Crippen LogP contribution in [-0.4, -0.2) is 17.1 Å². The molecule has 0 unspecified atom stereocenters. The minimum atomic E-state index is -0.591. The van der Waals surface area contributed by atoms with Crippen molar-refractivity contribution in [3.8, 4) is 0 Å². The van der Waals surface area contributed by atoms with Crippen LogP contribution in [0.15, 0.2) is 70.1 Å². The number of hydrogen-bond acceptors (Lipinski definition) is 3. The van der Waals surface area contributed by atoms with Crippen LogP contribution in [0.1, 0.15) is 28.4 Å². The van der Waals surface area contributed by atoms with Crippen LogP contribution < -0.4 is 5.43 Å². The molecule has 0 saturated carbocycles. The number of benzene rings is 3. The van der Waals surface area contributed by atoms with E-state index < -0.39 is 5.97 Å². The normalized spacial score (nSPS) is 11.1. The third-order valence-corrected chi connectivity index (χ3v) is 5.95. The lowest BCUT2D eigenvalue weighted by molar-refractivity contribution is 0.0524. The molecule has 0 fully saturated rings. The second-order valence-corrected chi connectivity index (χ2v) is 7.79. The summed E-state index contributed by atoms with van der Waals surface area (Å²) >= 11 is 3.74. The number of ether oxygens (including phenoxy) is 1. The van der Waals surface area contributed by atoms with E-state index in [1.54, 1.807) is 13.1 Å². The Kier molecular flexibility index (Phi) is 5.24. The maximum Gasteiger partial charge on any atom is 0.343 e. The second kappa shape index (κ2) is 7.84. The Morgan fingerprint density at radius 1 is 1.07 bits per heavy atom. The van der Waals surface area contributed by atoms with Gasteiger partial charge < -0.3 is 9.30 Å². The molecular formula is C24H20BrNO3. The number of fused-ring (bicyclic) bond motifs is 2. The van der Waals surface area contributed by atoms with Crippen LogP contribution in [0, 0.1) is 6.92 Å². The van der Waals surface area contributed by atoms with E-state index in [9.17, 15) is 9.59 Å². The van der Waals surface area contributed by atoms with Gasteiger partial charge in [0.25, 0.3) is 0 Å². The molecule has 4 rings (SSSR count). The van der Waals surface area contributed by atoms with Crippen LogP contribution in [0.5, 0.6) is 0 Å². The van der Waals surface area contributed by atoms with E-state index in [0.29, 0.717) is 11.9 Å². The van der Waals surface area contributed by atoms with E-state index in [4.69, 9.17) is 4.74 Å². The quantitative estimate of drug-likeness (QED) is 0.389. The average Bonchev–Trinajstić information content (AvgIpc) is 2.72. The maximum atomic E-state index is 12.9. The lowest BCUT2D eigenvalue weighted by atomic mass is 10.1. The molecule has 0 aliphatic rings. The summed E-state index contributed by atoms with van der Waals surface area (Å²) in [5, 5.41) is 2.79. The van der Waals surface area contributed by atoms with Gasteiger partial charge in [0.05, 0.1) is 12.1 Å². The SMILES string of the molecule is CCOC(=O)c1cn(Cc2ccc3ccccc3c2Br)c2ccc(C)cc2c1=O. The molecule has 0 bridgehead atoms. The van der Waals surface area contributed by atoms with E-state index in [0.717, 1.165) is 31.9 Å². The number of carbonyl (C=O) groups excluding carboxylic acids is 1. The van der Waals surface area contributed by atoms with Crippen LogP contribution in [0.4, 0.5) is 0 Å². The van der Waals surface area contributed by atoms with Crippen LogP contribution >= 0.6 is 15.9 Å². The minimum Gasteiger partial charge on any atom is -0.462 e. The van der Waals surface area contributed by atoms with Gasteiger partial charge in [0.2, 0.25) is 5.43 Å². The highest BCUT2D eigenvalue weighted by molar-refractivity contribution is 9.10. The van der Waals surface area contributed by atoms with Crippen molar-refractivity contribution in [3.63, 3.8) is 0 Å². The number of pyridine rings is 1. The largest absolute Gasteiger partial charge is 0.462 e. The van der Waals surface area contributed by atoms with Crippen LogP contribution in [0.3, 0.4) is 0 Å². The van der Waals surface area contributed by atoms with Crippen molar-refractivity contribution >= 4 is 43.6 Å². The monoisotopic (exact) mass is 449 g/mol. The second-order valence-electron chi connectivity index (χ2n) is 7.00. The molecule has 29 heavy (non-hydrogen) atoms. The van der Waals surface area contributed by atoms with Gasteiger partial charge in [-0.1, -0.05) is 48.0 Å². The number of rotatable bonds is 4. The van der Waals surface area contributed by atoms with Crippen molar-refractivity contribution in [2.24, 2.45) is 0 Å². The predicted octanol–water partition coefficient (Wildman–Crippen LogP) is 5.45. The molecule has 0 radical (unpaired) electrons. The van der Waals surface area contributed by atoms with Crippen molar-refractivity contribution in [1.29, 1.82) is 0 Å². The minimum absolute atomic E-state index is 0.0573. The summed E-state index contributed by atoms with van der Waals surface area (Å²) in [6.45, 7) is 4.39. The number of esters is 1. The molecule has 0 aliphatic carbocycles. The summed E-state index contributed by atoms with van der Waals surface area (Å²) in [5.41, 5.74) is 2.57. The van der Waals surface area contributed by atoms with Crippen molar-refractivity contribution < 1.29 is 9.53 Å². The smallest absolute Gasteiger partial charge is 0.343 e. The standard InChI is InChI=1S/C24H20BrNO3/c1-3-29-24(28)20-14-26(21-11-8-15(2)12-19(21)23(20)27)13-17-10-9-16-6-4-5-7-18(16)22(17)25/h4-12,14H,3,13H2,1-2H3. The van der Waals surface area contributed by atoms with E-state index in [1.807, 2.05) is 41.8 Å². The number of halogens is 1. The molecule has 0 amide bonds. The Balaban J connectivity index is 1.91. The number of nitrogens with zero attached hydrogens (tertiary/aromatic N) is 1. The first kappa shape index (κ1) is 19.4. The molecule has 4 nitrogen and oxygen atoms in total. The van der Waals surface area contributed by atoms with E-state index in [-0.39, 0.29) is 17.6 Å². The van der Waals surface area contributed by atoms with Gasteiger partial charge in [-0.15, -0.1) is 0 Å². The van der Waals surface area contributed by atoms with Crippen molar-refractivity contribution in [3.05, 3.63) is 92.2 Å². The topological polar surface area (TPSA) is 48.3 Å². The first-order valence-electron chi connectivity index (χ1n) is 9.46. The maximum absolute atomic E-state index is 12.9. The first-order valence-corrected chi connectivity index (χ1v) is 10.3. The van der Waals surface area contributed by atoms with Gasteiger partial charge in [0, 0.05) is 22.6 Å². The Hall–Kier alpha value is -2.92. The summed E-state index contributed by atoms with van der Waals surface area (Å²) in [7, 11) is 0. The zero-order valence-electron chi connectivity index (χ0n) is 16.2. The van der Waals surface area contributed by atoms with Gasteiger partial charge in [-0.25, -0.2) is 4.79 Å². The fraction of sp³-hybridized carbons (Fsp3) is 0.167.